The van der Waals surface area contributed by atoms with Gasteiger partial charge in [-0.3, -0.25) is 9.59 Å². The number of hydrogen-bond donors (Lipinski definition) is 0. The predicted octanol–water partition coefficient (Wildman–Crippen LogP) is 1.42. The topological polar surface area (TPSA) is 44.0 Å². The first-order valence-electron chi connectivity index (χ1n) is 4.57. The van der Waals surface area contributed by atoms with Crippen LogP contribution in [-0.4, -0.2) is 9.13 Å². The summed E-state index contributed by atoms with van der Waals surface area (Å²) in [6, 6.07) is 1.94. The molecule has 0 aromatic carbocycles. The number of hydrogen-bond acceptors (Lipinski definition) is 3. The molecule has 0 radical (unpaired) electrons. The SMILES string of the molecule is Cn1ccn(Cc2cc(Br)cs2)c(=O)c1=O. The summed E-state index contributed by atoms with van der Waals surface area (Å²) in [6.07, 6.45) is 3.21. The number of aryl methyl sites for hydroxylation is 1. The van der Waals surface area contributed by atoms with Crippen molar-refractivity contribution in [1.82, 2.24) is 9.13 Å². The van der Waals surface area contributed by atoms with E-state index in [9.17, 15) is 9.59 Å². The highest BCUT2D eigenvalue weighted by molar-refractivity contribution is 9.10. The van der Waals surface area contributed by atoms with Crippen LogP contribution in [0.25, 0.3) is 0 Å². The molecule has 0 saturated carbocycles. The third kappa shape index (κ3) is 2.17. The normalized spacial score (nSPS) is 10.6. The highest BCUT2D eigenvalue weighted by Crippen LogP contribution is 2.19. The van der Waals surface area contributed by atoms with E-state index in [0.29, 0.717) is 6.54 Å². The highest BCUT2D eigenvalue weighted by atomic mass is 79.9. The quantitative estimate of drug-likeness (QED) is 0.787. The minimum atomic E-state index is -0.502. The Bertz CT molecular complexity index is 626. The Kier molecular flexibility index (Phi) is 3.11. The van der Waals surface area contributed by atoms with Gasteiger partial charge in [0.15, 0.2) is 0 Å². The Balaban J connectivity index is 2.40. The Morgan fingerprint density at radius 1 is 1.31 bits per heavy atom. The second-order valence-electron chi connectivity index (χ2n) is 3.38. The minimum Gasteiger partial charge on any atom is -0.312 e. The van der Waals surface area contributed by atoms with Gasteiger partial charge in [-0.05, 0) is 22.0 Å². The fraction of sp³-hybridized carbons (Fsp3) is 0.200. The van der Waals surface area contributed by atoms with Gasteiger partial charge in [-0.2, -0.15) is 0 Å². The Labute approximate surface area is 104 Å². The lowest BCUT2D eigenvalue weighted by molar-refractivity contribution is 0.701. The fourth-order valence-corrected chi connectivity index (χ4v) is 2.77. The van der Waals surface area contributed by atoms with Crippen LogP contribution in [-0.2, 0) is 13.6 Å². The van der Waals surface area contributed by atoms with Crippen LogP contribution in [0.1, 0.15) is 4.88 Å². The molecule has 0 spiro atoms. The van der Waals surface area contributed by atoms with Gasteiger partial charge < -0.3 is 9.13 Å². The Hall–Kier alpha value is -1.14. The third-order valence-corrected chi connectivity index (χ3v) is 3.86. The van der Waals surface area contributed by atoms with Crippen molar-refractivity contribution in [3.05, 3.63) is 53.9 Å². The van der Waals surface area contributed by atoms with Gasteiger partial charge in [0.1, 0.15) is 0 Å². The van der Waals surface area contributed by atoms with Crippen molar-refractivity contribution in [3.63, 3.8) is 0 Å². The van der Waals surface area contributed by atoms with Crippen molar-refractivity contribution in [1.29, 1.82) is 0 Å². The zero-order valence-corrected chi connectivity index (χ0v) is 10.9. The zero-order chi connectivity index (χ0) is 11.7. The fourth-order valence-electron chi connectivity index (χ4n) is 1.32. The van der Waals surface area contributed by atoms with Gasteiger partial charge in [0, 0.05) is 34.2 Å². The van der Waals surface area contributed by atoms with Crippen molar-refractivity contribution in [2.24, 2.45) is 7.05 Å². The number of halogens is 1. The van der Waals surface area contributed by atoms with Crippen molar-refractivity contribution in [2.45, 2.75) is 6.54 Å². The largest absolute Gasteiger partial charge is 0.316 e. The van der Waals surface area contributed by atoms with Crippen LogP contribution in [0.3, 0.4) is 0 Å². The van der Waals surface area contributed by atoms with Crippen LogP contribution in [0.4, 0.5) is 0 Å². The molecule has 4 nitrogen and oxygen atoms in total. The van der Waals surface area contributed by atoms with Crippen LogP contribution in [0.15, 0.2) is 37.9 Å². The van der Waals surface area contributed by atoms with Gasteiger partial charge in [0.05, 0.1) is 6.54 Å². The molecule has 2 heterocycles. The first-order chi connectivity index (χ1) is 7.58. The summed E-state index contributed by atoms with van der Waals surface area (Å²) in [4.78, 5) is 24.1. The molecular weight excluding hydrogens is 292 g/mol. The maximum Gasteiger partial charge on any atom is 0.316 e. The Morgan fingerprint density at radius 2 is 2.06 bits per heavy atom. The van der Waals surface area contributed by atoms with E-state index in [-0.39, 0.29) is 0 Å². The molecule has 2 aromatic rings. The highest BCUT2D eigenvalue weighted by Gasteiger charge is 2.04. The average Bonchev–Trinajstić information content (AvgIpc) is 2.65. The van der Waals surface area contributed by atoms with E-state index in [0.717, 1.165) is 9.35 Å². The molecule has 0 atom stereocenters. The van der Waals surface area contributed by atoms with Crippen LogP contribution in [0.2, 0.25) is 0 Å². The summed E-state index contributed by atoms with van der Waals surface area (Å²) < 4.78 is 3.69. The van der Waals surface area contributed by atoms with Gasteiger partial charge in [0.2, 0.25) is 0 Å². The number of nitrogens with zero attached hydrogens (tertiary/aromatic N) is 2. The third-order valence-electron chi connectivity index (χ3n) is 2.18. The molecule has 0 aliphatic rings. The number of thiophene rings is 1. The summed E-state index contributed by atoms with van der Waals surface area (Å²) in [5, 5.41) is 1.95. The molecule has 84 valence electrons. The monoisotopic (exact) mass is 300 g/mol. The van der Waals surface area contributed by atoms with E-state index in [4.69, 9.17) is 0 Å². The standard InChI is InChI=1S/C10H9BrN2O2S/c1-12-2-3-13(10(15)9(12)14)5-8-4-7(11)6-16-8/h2-4,6H,5H2,1H3. The van der Waals surface area contributed by atoms with Gasteiger partial charge >= 0.3 is 11.1 Å². The summed E-state index contributed by atoms with van der Waals surface area (Å²) in [7, 11) is 1.57. The van der Waals surface area contributed by atoms with E-state index >= 15 is 0 Å². The van der Waals surface area contributed by atoms with Crippen LogP contribution in [0, 0.1) is 0 Å². The average molecular weight is 301 g/mol. The summed E-state index contributed by atoms with van der Waals surface area (Å²) in [5.74, 6) is 0. The van der Waals surface area contributed by atoms with Gasteiger partial charge in [-0.1, -0.05) is 0 Å². The van der Waals surface area contributed by atoms with Crippen molar-refractivity contribution in [2.75, 3.05) is 0 Å². The van der Waals surface area contributed by atoms with Gasteiger partial charge in [0.25, 0.3) is 0 Å². The molecule has 6 heteroatoms. The second-order valence-corrected chi connectivity index (χ2v) is 5.29. The maximum atomic E-state index is 11.6. The molecule has 0 aliphatic carbocycles. The number of aromatic nitrogens is 2. The lowest BCUT2D eigenvalue weighted by atomic mass is 10.4. The van der Waals surface area contributed by atoms with Gasteiger partial charge in [-0.15, -0.1) is 11.3 Å². The molecule has 0 unspecified atom stereocenters. The molecule has 16 heavy (non-hydrogen) atoms. The molecule has 0 amide bonds. The molecular formula is C10H9BrN2O2S. The van der Waals surface area contributed by atoms with Crippen molar-refractivity contribution in [3.8, 4) is 0 Å². The molecule has 0 N–H and O–H groups in total. The smallest absolute Gasteiger partial charge is 0.312 e. The van der Waals surface area contributed by atoms with E-state index in [2.05, 4.69) is 15.9 Å². The predicted molar refractivity (Wildman–Crippen MR) is 67.1 cm³/mol. The second kappa shape index (κ2) is 4.39. The molecule has 2 rings (SSSR count). The lowest BCUT2D eigenvalue weighted by Gasteiger charge is -2.03. The first-order valence-corrected chi connectivity index (χ1v) is 6.24. The zero-order valence-electron chi connectivity index (χ0n) is 8.51. The van der Waals surface area contributed by atoms with Crippen LogP contribution in [0.5, 0.6) is 0 Å². The van der Waals surface area contributed by atoms with E-state index < -0.39 is 11.1 Å². The molecule has 0 fully saturated rings. The van der Waals surface area contributed by atoms with Crippen LogP contribution >= 0.6 is 27.3 Å². The van der Waals surface area contributed by atoms with Crippen LogP contribution < -0.4 is 11.1 Å². The van der Waals surface area contributed by atoms with E-state index in [1.54, 1.807) is 30.8 Å². The summed E-state index contributed by atoms with van der Waals surface area (Å²) in [6.45, 7) is 0.436. The summed E-state index contributed by atoms with van der Waals surface area (Å²) >= 11 is 4.89. The molecule has 0 aliphatic heterocycles. The van der Waals surface area contributed by atoms with Gasteiger partial charge in [-0.25, -0.2) is 0 Å². The van der Waals surface area contributed by atoms with Crippen molar-refractivity contribution < 1.29 is 0 Å². The maximum absolute atomic E-state index is 11.6. The van der Waals surface area contributed by atoms with E-state index in [1.807, 2.05) is 11.4 Å². The molecule has 2 aromatic heterocycles. The molecule has 0 bridgehead atoms. The first kappa shape index (κ1) is 11.3. The minimum absolute atomic E-state index is 0.436. The molecule has 0 saturated heterocycles. The lowest BCUT2D eigenvalue weighted by Crippen LogP contribution is -2.39. The summed E-state index contributed by atoms with van der Waals surface area (Å²) in [5.41, 5.74) is -0.993. The van der Waals surface area contributed by atoms with Crippen molar-refractivity contribution >= 4 is 27.3 Å². The number of rotatable bonds is 2. The Morgan fingerprint density at radius 3 is 2.69 bits per heavy atom. The van der Waals surface area contributed by atoms with E-state index in [1.165, 1.54) is 9.13 Å².